The van der Waals surface area contributed by atoms with Crippen molar-refractivity contribution in [3.05, 3.63) is 65.7 Å². The van der Waals surface area contributed by atoms with Crippen LogP contribution in [0, 0.1) is 6.92 Å². The molecule has 0 spiro atoms. The lowest BCUT2D eigenvalue weighted by molar-refractivity contribution is 0.194. The van der Waals surface area contributed by atoms with E-state index in [9.17, 15) is 0 Å². The Hall–Kier alpha value is -3.19. The van der Waals surface area contributed by atoms with Gasteiger partial charge < -0.3 is 14.8 Å². The van der Waals surface area contributed by atoms with Crippen LogP contribution in [0.3, 0.4) is 0 Å². The molecule has 1 fully saturated rings. The number of nitrogens with zero attached hydrogens (tertiary/aromatic N) is 4. The monoisotopic (exact) mass is 419 g/mol. The number of likely N-dealkylation sites (tertiary alicyclic amines) is 1. The Morgan fingerprint density at radius 1 is 1.10 bits per heavy atom. The highest BCUT2D eigenvalue weighted by Crippen LogP contribution is 2.33. The highest BCUT2D eigenvalue weighted by atomic mass is 16.5. The van der Waals surface area contributed by atoms with Gasteiger partial charge in [0.25, 0.3) is 0 Å². The lowest BCUT2D eigenvalue weighted by Crippen LogP contribution is -2.34. The number of benzene rings is 1. The first kappa shape index (κ1) is 21.1. The molecule has 0 radical (unpaired) electrons. The average Bonchev–Trinajstić information content (AvgIpc) is 2.81. The zero-order valence-electron chi connectivity index (χ0n) is 18.3. The Morgan fingerprint density at radius 2 is 1.90 bits per heavy atom. The van der Waals surface area contributed by atoms with E-state index in [1.165, 1.54) is 0 Å². The molecule has 31 heavy (non-hydrogen) atoms. The minimum atomic E-state index is 0.327. The van der Waals surface area contributed by atoms with Crippen molar-refractivity contribution < 1.29 is 9.47 Å². The van der Waals surface area contributed by atoms with Crippen LogP contribution in [0.5, 0.6) is 11.5 Å². The molecule has 1 aliphatic heterocycles. The maximum atomic E-state index is 5.58. The number of anilines is 2. The van der Waals surface area contributed by atoms with E-state index in [2.05, 4.69) is 20.2 Å². The number of nitrogens with one attached hydrogen (secondary N) is 1. The van der Waals surface area contributed by atoms with Crippen LogP contribution in [-0.4, -0.2) is 47.2 Å². The second-order valence-corrected chi connectivity index (χ2v) is 7.84. The summed E-state index contributed by atoms with van der Waals surface area (Å²) in [4.78, 5) is 16.1. The molecule has 4 rings (SSSR count). The molecule has 3 heterocycles. The lowest BCUT2D eigenvalue weighted by Gasteiger charge is -2.33. The fourth-order valence-electron chi connectivity index (χ4n) is 4.12. The van der Waals surface area contributed by atoms with Gasteiger partial charge in [-0.3, -0.25) is 9.88 Å². The molecule has 0 aliphatic carbocycles. The first-order chi connectivity index (χ1) is 15.2. The third-order valence-corrected chi connectivity index (χ3v) is 5.74. The molecule has 1 N–H and O–H groups in total. The predicted octanol–water partition coefficient (Wildman–Crippen LogP) is 4.32. The largest absolute Gasteiger partial charge is 0.496 e. The van der Waals surface area contributed by atoms with Gasteiger partial charge in [0.05, 0.1) is 31.7 Å². The van der Waals surface area contributed by atoms with Gasteiger partial charge >= 0.3 is 0 Å². The standard InChI is InChI=1S/C24H29N5O2/c1-17-7-5-11-26-24(17)28-23-14-25-13-20(27-23)18-8-6-12-29(15-18)16-19-21(30-2)9-4-10-22(19)31-3/h4-5,7,9-11,13-14,18H,6,8,12,15-16H2,1-3H3,(H,26,27,28)/t18-/m1/s1. The van der Waals surface area contributed by atoms with E-state index in [1.54, 1.807) is 26.6 Å². The normalized spacial score (nSPS) is 16.7. The maximum Gasteiger partial charge on any atom is 0.150 e. The summed E-state index contributed by atoms with van der Waals surface area (Å²) >= 11 is 0. The number of hydrogen-bond acceptors (Lipinski definition) is 7. The maximum absolute atomic E-state index is 5.58. The van der Waals surface area contributed by atoms with Gasteiger partial charge in [-0.15, -0.1) is 0 Å². The molecule has 1 atom stereocenters. The Balaban J connectivity index is 1.49. The van der Waals surface area contributed by atoms with E-state index in [0.29, 0.717) is 5.92 Å². The van der Waals surface area contributed by atoms with E-state index in [1.807, 2.05) is 43.5 Å². The van der Waals surface area contributed by atoms with Crippen molar-refractivity contribution >= 4 is 11.6 Å². The van der Waals surface area contributed by atoms with Crippen molar-refractivity contribution in [2.75, 3.05) is 32.6 Å². The summed E-state index contributed by atoms with van der Waals surface area (Å²) < 4.78 is 11.2. The van der Waals surface area contributed by atoms with Gasteiger partial charge in [-0.1, -0.05) is 12.1 Å². The fraction of sp³-hybridized carbons (Fsp3) is 0.375. The molecule has 2 aromatic heterocycles. The Kier molecular flexibility index (Phi) is 6.62. The summed E-state index contributed by atoms with van der Waals surface area (Å²) in [7, 11) is 3.41. The van der Waals surface area contributed by atoms with E-state index in [4.69, 9.17) is 14.5 Å². The van der Waals surface area contributed by atoms with Crippen molar-refractivity contribution in [3.63, 3.8) is 0 Å². The van der Waals surface area contributed by atoms with Crippen LogP contribution >= 0.6 is 0 Å². The van der Waals surface area contributed by atoms with Crippen LogP contribution in [0.2, 0.25) is 0 Å². The molecule has 1 saturated heterocycles. The number of ether oxygens (including phenoxy) is 2. The molecule has 0 bridgehead atoms. The molecule has 0 unspecified atom stereocenters. The van der Waals surface area contributed by atoms with E-state index in [-0.39, 0.29) is 0 Å². The SMILES string of the molecule is COc1cccc(OC)c1CN1CCC[C@@H](c2cncc(Nc3ncccc3C)n2)C1. The molecule has 0 amide bonds. The average molecular weight is 420 g/mol. The van der Waals surface area contributed by atoms with E-state index in [0.717, 1.165) is 72.4 Å². The highest BCUT2D eigenvalue weighted by Gasteiger charge is 2.25. The molecule has 1 aromatic carbocycles. The van der Waals surface area contributed by atoms with Gasteiger partial charge in [-0.2, -0.15) is 0 Å². The summed E-state index contributed by atoms with van der Waals surface area (Å²) in [5.41, 5.74) is 3.17. The minimum Gasteiger partial charge on any atom is -0.496 e. The van der Waals surface area contributed by atoms with Gasteiger partial charge in [-0.05, 0) is 50.1 Å². The quantitative estimate of drug-likeness (QED) is 0.611. The molecule has 0 saturated carbocycles. The highest BCUT2D eigenvalue weighted by molar-refractivity contribution is 5.54. The number of rotatable bonds is 7. The van der Waals surface area contributed by atoms with Gasteiger partial charge in [0.15, 0.2) is 0 Å². The molecule has 3 aromatic rings. The fourth-order valence-corrected chi connectivity index (χ4v) is 4.12. The number of piperidine rings is 1. The van der Waals surface area contributed by atoms with Gasteiger partial charge in [-0.25, -0.2) is 9.97 Å². The molecular weight excluding hydrogens is 390 g/mol. The predicted molar refractivity (Wildman–Crippen MR) is 121 cm³/mol. The Bertz CT molecular complexity index is 1000. The van der Waals surface area contributed by atoms with Crippen LogP contribution in [-0.2, 0) is 6.54 Å². The van der Waals surface area contributed by atoms with Crippen molar-refractivity contribution in [1.29, 1.82) is 0 Å². The summed E-state index contributed by atoms with van der Waals surface area (Å²) in [5.74, 6) is 3.58. The number of aromatic nitrogens is 3. The van der Waals surface area contributed by atoms with Crippen molar-refractivity contribution in [1.82, 2.24) is 19.9 Å². The van der Waals surface area contributed by atoms with Crippen LogP contribution in [0.4, 0.5) is 11.6 Å². The van der Waals surface area contributed by atoms with Crippen molar-refractivity contribution in [2.45, 2.75) is 32.2 Å². The van der Waals surface area contributed by atoms with Gasteiger partial charge in [0.2, 0.25) is 0 Å². The summed E-state index contributed by atoms with van der Waals surface area (Å²) in [5, 5.41) is 3.30. The minimum absolute atomic E-state index is 0.327. The summed E-state index contributed by atoms with van der Waals surface area (Å²) in [6, 6.07) is 9.88. The lowest BCUT2D eigenvalue weighted by atomic mass is 9.94. The van der Waals surface area contributed by atoms with Crippen LogP contribution in [0.1, 0.15) is 35.6 Å². The summed E-state index contributed by atoms with van der Waals surface area (Å²) in [6.07, 6.45) is 7.62. The molecule has 7 nitrogen and oxygen atoms in total. The smallest absolute Gasteiger partial charge is 0.150 e. The molecule has 1 aliphatic rings. The third-order valence-electron chi connectivity index (χ3n) is 5.74. The Morgan fingerprint density at radius 3 is 2.65 bits per heavy atom. The van der Waals surface area contributed by atoms with E-state index < -0.39 is 0 Å². The zero-order valence-corrected chi connectivity index (χ0v) is 18.3. The number of methoxy groups -OCH3 is 2. The van der Waals surface area contributed by atoms with Crippen molar-refractivity contribution in [2.24, 2.45) is 0 Å². The Labute approximate surface area is 183 Å². The third kappa shape index (κ3) is 4.94. The molecule has 7 heteroatoms. The second-order valence-electron chi connectivity index (χ2n) is 7.84. The first-order valence-corrected chi connectivity index (χ1v) is 10.6. The number of hydrogen-bond donors (Lipinski definition) is 1. The molecular formula is C24H29N5O2. The van der Waals surface area contributed by atoms with Gasteiger partial charge in [0, 0.05) is 31.4 Å². The van der Waals surface area contributed by atoms with Crippen LogP contribution < -0.4 is 14.8 Å². The first-order valence-electron chi connectivity index (χ1n) is 10.6. The number of pyridine rings is 1. The van der Waals surface area contributed by atoms with Crippen LogP contribution in [0.25, 0.3) is 0 Å². The molecule has 162 valence electrons. The topological polar surface area (TPSA) is 72.4 Å². The van der Waals surface area contributed by atoms with Crippen molar-refractivity contribution in [3.8, 4) is 11.5 Å². The van der Waals surface area contributed by atoms with Crippen LogP contribution in [0.15, 0.2) is 48.9 Å². The van der Waals surface area contributed by atoms with Gasteiger partial charge in [0.1, 0.15) is 23.1 Å². The second kappa shape index (κ2) is 9.75. The van der Waals surface area contributed by atoms with E-state index >= 15 is 0 Å². The summed E-state index contributed by atoms with van der Waals surface area (Å²) in [6.45, 7) is 4.76. The number of aryl methyl sites for hydroxylation is 1. The zero-order chi connectivity index (χ0) is 21.6.